The van der Waals surface area contributed by atoms with Crippen molar-refractivity contribution < 1.29 is 13.6 Å². The minimum absolute atomic E-state index is 0.0241. The predicted octanol–water partition coefficient (Wildman–Crippen LogP) is 3.58. The summed E-state index contributed by atoms with van der Waals surface area (Å²) in [6.45, 7) is 4.21. The number of ether oxygens (including phenoxy) is 1. The zero-order valence-electron chi connectivity index (χ0n) is 19.5. The molecular weight excluding hydrogens is 354 g/mol. The fraction of sp³-hybridized carbons (Fsp3) is 0.524. The number of hydrogen-bond donors (Lipinski definition) is 1. The minimum atomic E-state index is -2.41. The molecule has 0 aliphatic carbocycles. The van der Waals surface area contributed by atoms with Crippen LogP contribution in [0.3, 0.4) is 0 Å². The van der Waals surface area contributed by atoms with Crippen LogP contribution in [0.15, 0.2) is 24.5 Å². The summed E-state index contributed by atoms with van der Waals surface area (Å²) in [5.41, 5.74) is 0.443. The number of rotatable bonds is 1. The second kappa shape index (κ2) is 6.72. The van der Waals surface area contributed by atoms with E-state index >= 15 is 0 Å². The van der Waals surface area contributed by atoms with Crippen LogP contribution in [0.1, 0.15) is 49.0 Å². The normalized spacial score (nSPS) is 23.4. The molecule has 0 radical (unpaired) electrons. The SMILES string of the molecule is [2H]C([2H])([2H])c1nc2c(cc1-c1ncccn1)CCC1(CCN(C(=O)OC(C)(C)C)C1)N2. The van der Waals surface area contributed by atoms with Gasteiger partial charge in [-0.15, -0.1) is 0 Å². The number of likely N-dealkylation sites (tertiary alicyclic amines) is 1. The Morgan fingerprint density at radius 3 is 2.82 bits per heavy atom. The van der Waals surface area contributed by atoms with Crippen LogP contribution in [-0.2, 0) is 11.2 Å². The third kappa shape index (κ3) is 3.66. The lowest BCUT2D eigenvalue weighted by Gasteiger charge is -2.36. The molecule has 1 unspecified atom stereocenters. The first kappa shape index (κ1) is 15.2. The molecule has 2 aliphatic heterocycles. The van der Waals surface area contributed by atoms with Gasteiger partial charge in [0.05, 0.1) is 11.2 Å². The summed E-state index contributed by atoms with van der Waals surface area (Å²) in [7, 11) is 0. The number of nitrogens with zero attached hydrogens (tertiary/aromatic N) is 4. The van der Waals surface area contributed by atoms with Crippen molar-refractivity contribution in [2.24, 2.45) is 0 Å². The van der Waals surface area contributed by atoms with E-state index in [1.807, 2.05) is 26.8 Å². The Labute approximate surface area is 169 Å². The van der Waals surface area contributed by atoms with Crippen molar-refractivity contribution in [3.63, 3.8) is 0 Å². The van der Waals surface area contributed by atoms with Crippen LogP contribution in [-0.4, -0.2) is 50.2 Å². The molecule has 148 valence electrons. The molecule has 1 spiro atoms. The van der Waals surface area contributed by atoms with Gasteiger partial charge in [-0.05, 0) is 64.6 Å². The van der Waals surface area contributed by atoms with Crippen molar-refractivity contribution in [3.05, 3.63) is 35.8 Å². The van der Waals surface area contributed by atoms with Crippen molar-refractivity contribution in [1.29, 1.82) is 0 Å². The molecule has 1 saturated heterocycles. The molecule has 7 nitrogen and oxygen atoms in total. The fourth-order valence-corrected chi connectivity index (χ4v) is 3.81. The fourth-order valence-electron chi connectivity index (χ4n) is 3.81. The third-order valence-electron chi connectivity index (χ3n) is 5.17. The van der Waals surface area contributed by atoms with Crippen LogP contribution in [0.25, 0.3) is 11.4 Å². The van der Waals surface area contributed by atoms with Crippen LogP contribution >= 0.6 is 0 Å². The van der Waals surface area contributed by atoms with Crippen molar-refractivity contribution in [2.75, 3.05) is 18.4 Å². The van der Waals surface area contributed by atoms with Gasteiger partial charge in [-0.1, -0.05) is 0 Å². The highest BCUT2D eigenvalue weighted by Gasteiger charge is 2.43. The van der Waals surface area contributed by atoms with E-state index < -0.39 is 12.5 Å². The number of fused-ring (bicyclic) bond motifs is 1. The van der Waals surface area contributed by atoms with Gasteiger partial charge >= 0.3 is 6.09 Å². The molecule has 28 heavy (non-hydrogen) atoms. The van der Waals surface area contributed by atoms with Gasteiger partial charge in [0.2, 0.25) is 0 Å². The lowest BCUT2D eigenvalue weighted by molar-refractivity contribution is 0.0285. The summed E-state index contributed by atoms with van der Waals surface area (Å²) in [5, 5.41) is 3.46. The molecule has 7 heteroatoms. The average Bonchev–Trinajstić information content (AvgIpc) is 3.09. The molecule has 4 rings (SSSR count). The molecule has 2 aromatic rings. The highest BCUT2D eigenvalue weighted by atomic mass is 16.6. The predicted molar refractivity (Wildman–Crippen MR) is 107 cm³/mol. The number of carbonyl (C=O) groups excluding carboxylic acids is 1. The summed E-state index contributed by atoms with van der Waals surface area (Å²) < 4.78 is 29.4. The molecule has 1 fully saturated rings. The largest absolute Gasteiger partial charge is 0.444 e. The maximum absolute atomic E-state index is 12.5. The van der Waals surface area contributed by atoms with Crippen LogP contribution < -0.4 is 5.32 Å². The maximum atomic E-state index is 12.5. The van der Waals surface area contributed by atoms with Crippen molar-refractivity contribution in [1.82, 2.24) is 19.9 Å². The first-order chi connectivity index (χ1) is 14.5. The van der Waals surface area contributed by atoms with Gasteiger partial charge < -0.3 is 15.0 Å². The molecule has 2 aliphatic rings. The Morgan fingerprint density at radius 2 is 2.11 bits per heavy atom. The number of nitrogens with one attached hydrogen (secondary N) is 1. The van der Waals surface area contributed by atoms with E-state index in [1.54, 1.807) is 23.4 Å². The third-order valence-corrected chi connectivity index (χ3v) is 5.17. The molecule has 1 N–H and O–H groups in total. The molecule has 2 aromatic heterocycles. The molecular formula is C21H27N5O2. The first-order valence-corrected chi connectivity index (χ1v) is 9.54. The highest BCUT2D eigenvalue weighted by Crippen LogP contribution is 2.38. The smallest absolute Gasteiger partial charge is 0.410 e. The zero-order chi connectivity index (χ0) is 22.4. The van der Waals surface area contributed by atoms with Crippen molar-refractivity contribution in [2.45, 2.75) is 58.0 Å². The van der Waals surface area contributed by atoms with Crippen molar-refractivity contribution >= 4 is 11.9 Å². The number of hydrogen-bond acceptors (Lipinski definition) is 6. The maximum Gasteiger partial charge on any atom is 0.410 e. The second-order valence-electron chi connectivity index (χ2n) is 8.52. The number of aromatic nitrogens is 3. The number of pyridine rings is 1. The van der Waals surface area contributed by atoms with Gasteiger partial charge in [0, 0.05) is 35.2 Å². The first-order valence-electron chi connectivity index (χ1n) is 11.0. The minimum Gasteiger partial charge on any atom is -0.444 e. The summed E-state index contributed by atoms with van der Waals surface area (Å²) >= 11 is 0. The van der Waals surface area contributed by atoms with Crippen LogP contribution in [0, 0.1) is 6.85 Å². The average molecular weight is 384 g/mol. The molecule has 0 saturated carbocycles. The Hall–Kier alpha value is -2.70. The van der Waals surface area contributed by atoms with E-state index in [0.717, 1.165) is 24.8 Å². The molecule has 0 aromatic carbocycles. The van der Waals surface area contributed by atoms with E-state index in [2.05, 4.69) is 20.3 Å². The Kier molecular flexibility index (Phi) is 3.66. The lowest BCUT2D eigenvalue weighted by Crippen LogP contribution is -2.46. The molecule has 4 heterocycles. The Morgan fingerprint density at radius 1 is 1.32 bits per heavy atom. The Balaban J connectivity index is 1.62. The van der Waals surface area contributed by atoms with Crippen molar-refractivity contribution in [3.8, 4) is 11.4 Å². The van der Waals surface area contributed by atoms with Crippen LogP contribution in [0.2, 0.25) is 0 Å². The van der Waals surface area contributed by atoms with Gasteiger partial charge in [-0.2, -0.15) is 0 Å². The van der Waals surface area contributed by atoms with Gasteiger partial charge in [0.25, 0.3) is 0 Å². The van der Waals surface area contributed by atoms with Gasteiger partial charge in [-0.3, -0.25) is 0 Å². The summed E-state index contributed by atoms with van der Waals surface area (Å²) in [6.07, 6.45) is 5.12. The van der Waals surface area contributed by atoms with Gasteiger partial charge in [0.15, 0.2) is 5.82 Å². The van der Waals surface area contributed by atoms with Crippen LogP contribution in [0.4, 0.5) is 10.6 Å². The van der Waals surface area contributed by atoms with E-state index in [9.17, 15) is 4.79 Å². The second-order valence-corrected chi connectivity index (χ2v) is 8.52. The standard InChI is InChI=1S/C21H27N5O2/c1-14-16(18-22-9-5-10-23-18)12-15-6-7-21(25-17(15)24-14)8-11-26(13-21)19(27)28-20(2,3)4/h5,9-10,12H,6-8,11,13H2,1-4H3,(H,24,25)/i1D3. The molecule has 1 amide bonds. The lowest BCUT2D eigenvalue weighted by atomic mass is 9.86. The summed E-state index contributed by atoms with van der Waals surface area (Å²) in [4.78, 5) is 27.2. The quantitative estimate of drug-likeness (QED) is 0.809. The van der Waals surface area contributed by atoms with E-state index in [1.165, 1.54) is 0 Å². The van der Waals surface area contributed by atoms with E-state index in [4.69, 9.17) is 8.85 Å². The van der Waals surface area contributed by atoms with E-state index in [-0.39, 0.29) is 17.3 Å². The molecule has 0 bridgehead atoms. The number of amides is 1. The van der Waals surface area contributed by atoms with Crippen LogP contribution in [0.5, 0.6) is 0 Å². The van der Waals surface area contributed by atoms with Gasteiger partial charge in [-0.25, -0.2) is 19.7 Å². The number of anilines is 1. The summed E-state index contributed by atoms with van der Waals surface area (Å²) in [6, 6.07) is 3.52. The number of aryl methyl sites for hydroxylation is 2. The molecule has 1 atom stereocenters. The number of carbonyl (C=O) groups is 1. The highest BCUT2D eigenvalue weighted by molar-refractivity contribution is 5.69. The Bertz CT molecular complexity index is 991. The van der Waals surface area contributed by atoms with Gasteiger partial charge in [0.1, 0.15) is 11.4 Å². The van der Waals surface area contributed by atoms with E-state index in [0.29, 0.717) is 30.3 Å². The topological polar surface area (TPSA) is 80.2 Å². The monoisotopic (exact) mass is 384 g/mol. The summed E-state index contributed by atoms with van der Waals surface area (Å²) in [5.74, 6) is 0.907. The zero-order valence-corrected chi connectivity index (χ0v) is 16.5.